The number of nitrogen functional groups attached to an aromatic ring is 1. The topological polar surface area (TPSA) is 120 Å². The zero-order chi connectivity index (χ0) is 17.6. The molecular weight excluding hydrogens is 328 g/mol. The molecule has 0 spiro atoms. The Hall–Kier alpha value is -2.55. The summed E-state index contributed by atoms with van der Waals surface area (Å²) >= 11 is 1.29. The van der Waals surface area contributed by atoms with E-state index in [1.165, 1.54) is 11.3 Å². The van der Waals surface area contributed by atoms with Gasteiger partial charge in [-0.15, -0.1) is 11.3 Å². The van der Waals surface area contributed by atoms with E-state index in [1.54, 1.807) is 27.7 Å². The zero-order valence-corrected chi connectivity index (χ0v) is 14.9. The van der Waals surface area contributed by atoms with Crippen LogP contribution in [0.2, 0.25) is 0 Å². The highest BCUT2D eigenvalue weighted by molar-refractivity contribution is 7.20. The minimum Gasteiger partial charge on any atom is -0.383 e. The number of carbonyl (C=O) groups excluding carboxylic acids is 1. The van der Waals surface area contributed by atoms with E-state index in [2.05, 4.69) is 25.4 Å². The molecule has 0 saturated heterocycles. The second kappa shape index (κ2) is 5.52. The predicted molar refractivity (Wildman–Crippen MR) is 90.8 cm³/mol. The molecule has 1 amide bonds. The largest absolute Gasteiger partial charge is 0.383 e. The van der Waals surface area contributed by atoms with Gasteiger partial charge in [0.1, 0.15) is 22.0 Å². The van der Waals surface area contributed by atoms with Gasteiger partial charge in [0.2, 0.25) is 0 Å². The summed E-state index contributed by atoms with van der Waals surface area (Å²) in [6.07, 6.45) is 0. The highest BCUT2D eigenvalue weighted by Crippen LogP contribution is 2.33. The van der Waals surface area contributed by atoms with Crippen molar-refractivity contribution in [1.82, 2.24) is 25.4 Å². The molecule has 3 aromatic heterocycles. The molecule has 0 aliphatic heterocycles. The Morgan fingerprint density at radius 1 is 1.17 bits per heavy atom. The fraction of sp³-hybridized carbons (Fsp3) is 0.400. The third kappa shape index (κ3) is 2.71. The summed E-state index contributed by atoms with van der Waals surface area (Å²) < 4.78 is 5.18. The molecule has 0 aliphatic carbocycles. The first-order valence-corrected chi connectivity index (χ1v) is 8.17. The maximum atomic E-state index is 12.7. The summed E-state index contributed by atoms with van der Waals surface area (Å²) in [6, 6.07) is 0. The van der Waals surface area contributed by atoms with Crippen LogP contribution in [0.25, 0.3) is 10.2 Å². The lowest BCUT2D eigenvalue weighted by Gasteiger charge is -2.21. The molecule has 0 aromatic carbocycles. The zero-order valence-electron chi connectivity index (χ0n) is 14.1. The van der Waals surface area contributed by atoms with Crippen molar-refractivity contribution in [3.8, 4) is 0 Å². The lowest BCUT2D eigenvalue weighted by atomic mass is 10.1. The minimum atomic E-state index is -0.798. The van der Waals surface area contributed by atoms with E-state index in [4.69, 9.17) is 10.3 Å². The number of aromatic nitrogens is 4. The fourth-order valence-corrected chi connectivity index (χ4v) is 3.57. The van der Waals surface area contributed by atoms with Crippen molar-refractivity contribution in [3.05, 3.63) is 28.0 Å². The number of thiophene rings is 1. The molecular formula is C15H18N6O2S. The van der Waals surface area contributed by atoms with Gasteiger partial charge in [0.05, 0.1) is 10.3 Å². The van der Waals surface area contributed by atoms with Crippen LogP contribution in [-0.4, -0.2) is 26.0 Å². The normalized spacial score (nSPS) is 11.9. The average Bonchev–Trinajstić information content (AvgIpc) is 3.03. The highest BCUT2D eigenvalue weighted by atomic mass is 32.1. The second-order valence-corrected chi connectivity index (χ2v) is 7.12. The van der Waals surface area contributed by atoms with Gasteiger partial charge in [-0.3, -0.25) is 4.79 Å². The van der Waals surface area contributed by atoms with Gasteiger partial charge in [-0.25, -0.2) is 9.97 Å². The van der Waals surface area contributed by atoms with Gasteiger partial charge in [0.15, 0.2) is 5.82 Å². The molecule has 3 heterocycles. The Kier molecular flexibility index (Phi) is 3.75. The third-order valence-corrected chi connectivity index (χ3v) is 4.81. The molecule has 0 fully saturated rings. The monoisotopic (exact) mass is 346 g/mol. The van der Waals surface area contributed by atoms with E-state index in [0.717, 1.165) is 10.9 Å². The summed E-state index contributed by atoms with van der Waals surface area (Å²) in [5.41, 5.74) is 5.95. The molecule has 126 valence electrons. The number of nitrogens with one attached hydrogen (secondary N) is 1. The van der Waals surface area contributed by atoms with Crippen molar-refractivity contribution in [3.63, 3.8) is 0 Å². The number of rotatable bonds is 3. The number of nitrogens with zero attached hydrogens (tertiary/aromatic N) is 4. The maximum Gasteiger partial charge on any atom is 0.262 e. The first-order chi connectivity index (χ1) is 11.2. The number of hydrogen-bond acceptors (Lipinski definition) is 8. The Bertz CT molecular complexity index is 943. The van der Waals surface area contributed by atoms with Crippen molar-refractivity contribution in [2.24, 2.45) is 0 Å². The van der Waals surface area contributed by atoms with Crippen LogP contribution in [-0.2, 0) is 5.54 Å². The second-order valence-electron chi connectivity index (χ2n) is 6.12. The fourth-order valence-electron chi connectivity index (χ4n) is 2.44. The van der Waals surface area contributed by atoms with Crippen LogP contribution in [0.3, 0.4) is 0 Å². The molecule has 0 saturated carbocycles. The molecule has 3 rings (SSSR count). The standard InChI is InChI=1S/C15H18N6O2S/c1-6-9-11(16)17-7(2)18-13(9)24-10(6)12(22)20-15(4,5)14-19-8(3)21-23-14/h1-5H3,(H,20,22)(H2,16,17,18). The lowest BCUT2D eigenvalue weighted by molar-refractivity contribution is 0.0898. The molecule has 0 aliphatic rings. The number of hydrogen-bond donors (Lipinski definition) is 2. The van der Waals surface area contributed by atoms with E-state index in [9.17, 15) is 4.79 Å². The van der Waals surface area contributed by atoms with Crippen molar-refractivity contribution in [1.29, 1.82) is 0 Å². The van der Waals surface area contributed by atoms with E-state index >= 15 is 0 Å². The first-order valence-electron chi connectivity index (χ1n) is 7.35. The molecule has 0 bridgehead atoms. The molecule has 0 unspecified atom stereocenters. The Morgan fingerprint density at radius 3 is 2.50 bits per heavy atom. The van der Waals surface area contributed by atoms with Crippen LogP contribution in [0.4, 0.5) is 5.82 Å². The Morgan fingerprint density at radius 2 is 1.88 bits per heavy atom. The van der Waals surface area contributed by atoms with E-state index < -0.39 is 5.54 Å². The average molecular weight is 346 g/mol. The van der Waals surface area contributed by atoms with Gasteiger partial charge >= 0.3 is 0 Å². The molecule has 8 nitrogen and oxygen atoms in total. The van der Waals surface area contributed by atoms with Crippen molar-refractivity contribution in [2.45, 2.75) is 40.2 Å². The van der Waals surface area contributed by atoms with Crippen LogP contribution in [0.1, 0.15) is 46.6 Å². The molecule has 0 radical (unpaired) electrons. The number of nitrogens with two attached hydrogens (primary N) is 1. The number of anilines is 1. The minimum absolute atomic E-state index is 0.242. The Labute approximate surface area is 142 Å². The van der Waals surface area contributed by atoms with Crippen molar-refractivity contribution < 1.29 is 9.32 Å². The highest BCUT2D eigenvalue weighted by Gasteiger charge is 2.31. The molecule has 0 atom stereocenters. The van der Waals surface area contributed by atoms with Crippen molar-refractivity contribution >= 4 is 33.3 Å². The quantitative estimate of drug-likeness (QED) is 0.746. The van der Waals surface area contributed by atoms with E-state index in [0.29, 0.717) is 33.1 Å². The number of amides is 1. The van der Waals surface area contributed by atoms with E-state index in [-0.39, 0.29) is 5.91 Å². The van der Waals surface area contributed by atoms with Crippen LogP contribution in [0, 0.1) is 20.8 Å². The summed E-state index contributed by atoms with van der Waals surface area (Å²) in [6.45, 7) is 8.95. The molecule has 3 aromatic rings. The molecule has 3 N–H and O–H groups in total. The van der Waals surface area contributed by atoms with Crippen LogP contribution >= 0.6 is 11.3 Å². The van der Waals surface area contributed by atoms with Crippen molar-refractivity contribution in [2.75, 3.05) is 5.73 Å². The smallest absolute Gasteiger partial charge is 0.262 e. The number of aryl methyl sites for hydroxylation is 3. The van der Waals surface area contributed by atoms with Gasteiger partial charge < -0.3 is 15.6 Å². The van der Waals surface area contributed by atoms with Gasteiger partial charge in [-0.1, -0.05) is 5.16 Å². The van der Waals surface area contributed by atoms with Gasteiger partial charge in [-0.05, 0) is 40.2 Å². The summed E-state index contributed by atoms with van der Waals surface area (Å²) in [7, 11) is 0. The SMILES string of the molecule is Cc1noc(C(C)(C)NC(=O)c2sc3nc(C)nc(N)c3c2C)n1. The summed E-state index contributed by atoms with van der Waals surface area (Å²) in [4.78, 5) is 26.7. The first kappa shape index (κ1) is 16.3. The van der Waals surface area contributed by atoms with Gasteiger partial charge in [0, 0.05) is 0 Å². The van der Waals surface area contributed by atoms with Crippen LogP contribution < -0.4 is 11.1 Å². The third-order valence-electron chi connectivity index (χ3n) is 3.62. The van der Waals surface area contributed by atoms with Gasteiger partial charge in [-0.2, -0.15) is 4.98 Å². The number of carbonyl (C=O) groups is 1. The summed E-state index contributed by atoms with van der Waals surface area (Å²) in [5.74, 6) is 1.59. The number of fused-ring (bicyclic) bond motifs is 1. The Balaban J connectivity index is 1.97. The van der Waals surface area contributed by atoms with E-state index in [1.807, 2.05) is 6.92 Å². The van der Waals surface area contributed by atoms with Crippen LogP contribution in [0.5, 0.6) is 0 Å². The van der Waals surface area contributed by atoms with Crippen LogP contribution in [0.15, 0.2) is 4.52 Å². The lowest BCUT2D eigenvalue weighted by Crippen LogP contribution is -2.41. The molecule has 9 heteroatoms. The molecule has 24 heavy (non-hydrogen) atoms. The van der Waals surface area contributed by atoms with Gasteiger partial charge in [0.25, 0.3) is 11.8 Å². The summed E-state index contributed by atoms with van der Waals surface area (Å²) in [5, 5.41) is 7.42. The predicted octanol–water partition coefficient (Wildman–Crippen LogP) is 2.25. The maximum absolute atomic E-state index is 12.7.